The molecule has 24 heavy (non-hydrogen) atoms. The van der Waals surface area contributed by atoms with Gasteiger partial charge in [-0.15, -0.1) is 0 Å². The summed E-state index contributed by atoms with van der Waals surface area (Å²) in [6, 6.07) is 11.9. The number of carbonyl (C=O) groups is 1. The highest BCUT2D eigenvalue weighted by molar-refractivity contribution is 7.22. The topological polar surface area (TPSA) is 58.1 Å². The summed E-state index contributed by atoms with van der Waals surface area (Å²) in [4.78, 5) is 23.4. The van der Waals surface area contributed by atoms with Gasteiger partial charge in [-0.05, 0) is 37.1 Å². The normalized spacial score (nSPS) is 15.6. The molecule has 1 amide bonds. The predicted octanol–water partition coefficient (Wildman–Crippen LogP) is 3.55. The second kappa shape index (κ2) is 6.57. The molecule has 6 heteroatoms. The number of anilines is 2. The van der Waals surface area contributed by atoms with E-state index < -0.39 is 0 Å². The molecule has 0 saturated carbocycles. The second-order valence-corrected chi connectivity index (χ2v) is 6.97. The lowest BCUT2D eigenvalue weighted by atomic mass is 9.96. The van der Waals surface area contributed by atoms with Crippen LogP contribution in [0.3, 0.4) is 0 Å². The summed E-state index contributed by atoms with van der Waals surface area (Å²) in [6.07, 6.45) is 5.07. The van der Waals surface area contributed by atoms with Crippen molar-refractivity contribution in [3.8, 4) is 0 Å². The van der Waals surface area contributed by atoms with Crippen LogP contribution in [0.25, 0.3) is 10.2 Å². The van der Waals surface area contributed by atoms with Gasteiger partial charge in [-0.3, -0.25) is 9.78 Å². The van der Waals surface area contributed by atoms with Crippen molar-refractivity contribution in [1.29, 1.82) is 0 Å². The molecule has 1 N–H and O–H groups in total. The van der Waals surface area contributed by atoms with Crippen LogP contribution >= 0.6 is 11.3 Å². The number of amides is 1. The van der Waals surface area contributed by atoms with E-state index in [1.54, 1.807) is 23.7 Å². The average Bonchev–Trinajstić information content (AvgIpc) is 3.07. The van der Waals surface area contributed by atoms with Gasteiger partial charge in [0.25, 0.3) is 0 Å². The van der Waals surface area contributed by atoms with E-state index in [0.29, 0.717) is 0 Å². The molecule has 0 atom stereocenters. The molecule has 0 aliphatic carbocycles. The molecule has 1 fully saturated rings. The molecule has 4 rings (SSSR count). The SMILES string of the molecule is O=C(Nc1cccnc1)C1CCN(c2nc3ccccc3s2)CC1. The van der Waals surface area contributed by atoms with Crippen molar-refractivity contribution in [2.24, 2.45) is 5.92 Å². The standard InChI is InChI=1S/C18H18N4OS/c23-17(20-14-4-3-9-19-12-14)13-7-10-22(11-8-13)18-21-15-5-1-2-6-16(15)24-18/h1-6,9,12-13H,7-8,10-11H2,(H,20,23). The fraction of sp³-hybridized carbons (Fsp3) is 0.278. The van der Waals surface area contributed by atoms with Gasteiger partial charge in [0.05, 0.1) is 22.1 Å². The first kappa shape index (κ1) is 15.1. The summed E-state index contributed by atoms with van der Waals surface area (Å²) < 4.78 is 1.21. The number of hydrogen-bond donors (Lipinski definition) is 1. The Kier molecular flexibility index (Phi) is 4.13. The van der Waals surface area contributed by atoms with Crippen molar-refractivity contribution in [1.82, 2.24) is 9.97 Å². The first-order valence-electron chi connectivity index (χ1n) is 8.11. The van der Waals surface area contributed by atoms with E-state index in [1.807, 2.05) is 30.3 Å². The van der Waals surface area contributed by atoms with Gasteiger partial charge in [-0.1, -0.05) is 23.5 Å². The number of rotatable bonds is 3. The second-order valence-electron chi connectivity index (χ2n) is 5.96. The Bertz CT molecular complexity index is 807. The zero-order valence-corrected chi connectivity index (χ0v) is 14.0. The first-order chi connectivity index (χ1) is 11.8. The molecule has 1 saturated heterocycles. The molecule has 1 aliphatic heterocycles. The molecule has 0 radical (unpaired) electrons. The van der Waals surface area contributed by atoms with Gasteiger partial charge in [0, 0.05) is 25.2 Å². The lowest BCUT2D eigenvalue weighted by molar-refractivity contribution is -0.120. The molecule has 1 aromatic carbocycles. The van der Waals surface area contributed by atoms with Gasteiger partial charge >= 0.3 is 0 Å². The van der Waals surface area contributed by atoms with Crippen molar-refractivity contribution >= 4 is 38.3 Å². The molecule has 0 bridgehead atoms. The number of aromatic nitrogens is 2. The number of hydrogen-bond acceptors (Lipinski definition) is 5. The quantitative estimate of drug-likeness (QED) is 0.793. The van der Waals surface area contributed by atoms with E-state index in [9.17, 15) is 4.79 Å². The minimum absolute atomic E-state index is 0.0517. The fourth-order valence-corrected chi connectivity index (χ4v) is 4.03. The van der Waals surface area contributed by atoms with Gasteiger partial charge in [0.15, 0.2) is 5.13 Å². The van der Waals surface area contributed by atoms with E-state index in [4.69, 9.17) is 4.98 Å². The highest BCUT2D eigenvalue weighted by atomic mass is 32.1. The van der Waals surface area contributed by atoms with Crippen molar-refractivity contribution in [3.05, 3.63) is 48.8 Å². The summed E-state index contributed by atoms with van der Waals surface area (Å²) in [5, 5.41) is 4.01. The van der Waals surface area contributed by atoms with Crippen LogP contribution in [0, 0.1) is 5.92 Å². The molecule has 5 nitrogen and oxygen atoms in total. The molecular weight excluding hydrogens is 320 g/mol. The maximum Gasteiger partial charge on any atom is 0.227 e. The zero-order chi connectivity index (χ0) is 16.4. The number of thiazole rings is 1. The van der Waals surface area contributed by atoms with Crippen LogP contribution < -0.4 is 10.2 Å². The molecule has 0 unspecified atom stereocenters. The molecule has 2 aromatic heterocycles. The molecule has 3 aromatic rings. The summed E-state index contributed by atoms with van der Waals surface area (Å²) in [6.45, 7) is 1.73. The highest BCUT2D eigenvalue weighted by Crippen LogP contribution is 2.31. The third-order valence-corrected chi connectivity index (χ3v) is 5.45. The van der Waals surface area contributed by atoms with Crippen LogP contribution in [-0.2, 0) is 4.79 Å². The van der Waals surface area contributed by atoms with Crippen LogP contribution in [0.1, 0.15) is 12.8 Å². The van der Waals surface area contributed by atoms with Crippen LogP contribution in [0.15, 0.2) is 48.8 Å². The third-order valence-electron chi connectivity index (χ3n) is 4.35. The van der Waals surface area contributed by atoms with Crippen LogP contribution in [0.5, 0.6) is 0 Å². The van der Waals surface area contributed by atoms with E-state index in [1.165, 1.54) is 4.70 Å². The fourth-order valence-electron chi connectivity index (χ4n) is 3.01. The Labute approximate surface area is 144 Å². The highest BCUT2D eigenvalue weighted by Gasteiger charge is 2.26. The Morgan fingerprint density at radius 3 is 2.75 bits per heavy atom. The lowest BCUT2D eigenvalue weighted by Crippen LogP contribution is -2.38. The largest absolute Gasteiger partial charge is 0.348 e. The van der Waals surface area contributed by atoms with Crippen molar-refractivity contribution in [2.45, 2.75) is 12.8 Å². The number of pyridine rings is 1. The number of fused-ring (bicyclic) bond motifs is 1. The van der Waals surface area contributed by atoms with Gasteiger partial charge in [0.1, 0.15) is 0 Å². The Morgan fingerprint density at radius 2 is 2.00 bits per heavy atom. The number of para-hydroxylation sites is 1. The molecule has 1 aliphatic rings. The predicted molar refractivity (Wildman–Crippen MR) is 97.4 cm³/mol. The van der Waals surface area contributed by atoms with Crippen LogP contribution in [-0.4, -0.2) is 29.0 Å². The van der Waals surface area contributed by atoms with Crippen molar-refractivity contribution in [3.63, 3.8) is 0 Å². The third kappa shape index (κ3) is 3.10. The number of benzene rings is 1. The minimum Gasteiger partial charge on any atom is -0.348 e. The van der Waals surface area contributed by atoms with Crippen LogP contribution in [0.2, 0.25) is 0 Å². The molecule has 0 spiro atoms. The summed E-state index contributed by atoms with van der Waals surface area (Å²) in [5.74, 6) is 0.141. The van der Waals surface area contributed by atoms with Gasteiger partial charge in [-0.2, -0.15) is 0 Å². The summed E-state index contributed by atoms with van der Waals surface area (Å²) in [5.41, 5.74) is 1.81. The number of carbonyl (C=O) groups excluding carboxylic acids is 1. The lowest BCUT2D eigenvalue weighted by Gasteiger charge is -2.30. The summed E-state index contributed by atoms with van der Waals surface area (Å²) >= 11 is 1.72. The Hall–Kier alpha value is -2.47. The van der Waals surface area contributed by atoms with Crippen molar-refractivity contribution < 1.29 is 4.79 Å². The smallest absolute Gasteiger partial charge is 0.227 e. The Morgan fingerprint density at radius 1 is 1.17 bits per heavy atom. The molecular formula is C18H18N4OS. The van der Waals surface area contributed by atoms with Crippen molar-refractivity contribution in [2.75, 3.05) is 23.3 Å². The molecule has 122 valence electrons. The molecule has 3 heterocycles. The zero-order valence-electron chi connectivity index (χ0n) is 13.2. The van der Waals surface area contributed by atoms with Gasteiger partial charge in [0.2, 0.25) is 5.91 Å². The van der Waals surface area contributed by atoms with Gasteiger partial charge in [-0.25, -0.2) is 4.98 Å². The van der Waals surface area contributed by atoms with E-state index in [2.05, 4.69) is 21.3 Å². The number of nitrogens with one attached hydrogen (secondary N) is 1. The number of piperidine rings is 1. The maximum atomic E-state index is 12.4. The monoisotopic (exact) mass is 338 g/mol. The Balaban J connectivity index is 1.38. The average molecular weight is 338 g/mol. The van der Waals surface area contributed by atoms with E-state index in [0.717, 1.165) is 42.3 Å². The van der Waals surface area contributed by atoms with Crippen LogP contribution in [0.4, 0.5) is 10.8 Å². The van der Waals surface area contributed by atoms with E-state index in [-0.39, 0.29) is 11.8 Å². The van der Waals surface area contributed by atoms with E-state index >= 15 is 0 Å². The first-order valence-corrected chi connectivity index (χ1v) is 8.93. The van der Waals surface area contributed by atoms with Gasteiger partial charge < -0.3 is 10.2 Å². The minimum atomic E-state index is 0.0517. The number of nitrogens with zero attached hydrogens (tertiary/aromatic N) is 3. The summed E-state index contributed by atoms with van der Waals surface area (Å²) in [7, 11) is 0. The maximum absolute atomic E-state index is 12.4.